The molecule has 6 nitrogen and oxygen atoms in total. The quantitative estimate of drug-likeness (QED) is 0.697. The van der Waals surface area contributed by atoms with Crippen LogP contribution in [0.15, 0.2) is 27.5 Å². The number of aromatic nitrogens is 3. The molecule has 3 heterocycles. The van der Waals surface area contributed by atoms with E-state index in [0.29, 0.717) is 23.0 Å². The number of pyridine rings is 1. The zero-order valence-corrected chi connectivity index (χ0v) is 16.4. The number of nitrogens with zero attached hydrogens (tertiary/aromatic N) is 2. The van der Waals surface area contributed by atoms with E-state index in [4.69, 9.17) is 10.7 Å². The number of rotatable bonds is 4. The van der Waals surface area contributed by atoms with Crippen molar-refractivity contribution >= 4 is 38.0 Å². The highest BCUT2D eigenvalue weighted by Gasteiger charge is 2.31. The van der Waals surface area contributed by atoms with Gasteiger partial charge < -0.3 is 10.7 Å². The average Bonchev–Trinajstić information content (AvgIpc) is 2.89. The summed E-state index contributed by atoms with van der Waals surface area (Å²) in [5, 5.41) is 1.18. The van der Waals surface area contributed by atoms with Crippen molar-refractivity contribution in [3.8, 4) is 11.4 Å². The van der Waals surface area contributed by atoms with Crippen LogP contribution in [-0.2, 0) is 10.8 Å². The number of hydrogen-bond acceptors (Lipinski definition) is 6. The largest absolute Gasteiger partial charge is 0.396 e. The van der Waals surface area contributed by atoms with E-state index in [2.05, 4.69) is 9.97 Å². The van der Waals surface area contributed by atoms with Gasteiger partial charge in [0, 0.05) is 16.7 Å². The minimum atomic E-state index is -1.06. The molecule has 5 rings (SSSR count). The number of hydrogen-bond donors (Lipinski definition) is 2. The van der Waals surface area contributed by atoms with Gasteiger partial charge in [0.2, 0.25) is 0 Å². The Kier molecular flexibility index (Phi) is 4.12. The summed E-state index contributed by atoms with van der Waals surface area (Å²) in [6, 6.07) is 3.48. The van der Waals surface area contributed by atoms with Gasteiger partial charge in [0.05, 0.1) is 34.2 Å². The van der Waals surface area contributed by atoms with Crippen LogP contribution in [0, 0.1) is 0 Å². The van der Waals surface area contributed by atoms with Crippen LogP contribution in [0.5, 0.6) is 0 Å². The van der Waals surface area contributed by atoms with Crippen LogP contribution in [0.4, 0.5) is 5.69 Å². The van der Waals surface area contributed by atoms with E-state index in [9.17, 15) is 9.00 Å². The summed E-state index contributed by atoms with van der Waals surface area (Å²) in [5.74, 6) is 0.443. The molecule has 0 spiro atoms. The van der Waals surface area contributed by atoms with Crippen LogP contribution >= 0.6 is 11.3 Å². The summed E-state index contributed by atoms with van der Waals surface area (Å²) >= 11 is 1.44. The Hall–Kier alpha value is -2.06. The van der Waals surface area contributed by atoms with Crippen LogP contribution in [0.3, 0.4) is 0 Å². The second-order valence-electron chi connectivity index (χ2n) is 7.35. The van der Waals surface area contributed by atoms with E-state index < -0.39 is 10.8 Å². The maximum atomic E-state index is 12.9. The first-order valence-corrected chi connectivity index (χ1v) is 11.3. The molecule has 8 heteroatoms. The third kappa shape index (κ3) is 2.82. The van der Waals surface area contributed by atoms with Gasteiger partial charge in [0.25, 0.3) is 5.56 Å². The fourth-order valence-corrected chi connectivity index (χ4v) is 6.91. The van der Waals surface area contributed by atoms with Crippen molar-refractivity contribution < 1.29 is 4.21 Å². The van der Waals surface area contributed by atoms with Gasteiger partial charge in [-0.3, -0.25) is 9.00 Å². The van der Waals surface area contributed by atoms with Crippen molar-refractivity contribution in [1.29, 1.82) is 0 Å². The molecule has 2 aliphatic rings. The van der Waals surface area contributed by atoms with Gasteiger partial charge in [0.15, 0.2) is 0 Å². The van der Waals surface area contributed by atoms with Crippen molar-refractivity contribution in [3.63, 3.8) is 0 Å². The zero-order chi connectivity index (χ0) is 18.5. The summed E-state index contributed by atoms with van der Waals surface area (Å²) in [6.07, 6.45) is 8.00. The molecule has 27 heavy (non-hydrogen) atoms. The topological polar surface area (TPSA) is 102 Å². The molecular formula is C19H20N4O2S2. The van der Waals surface area contributed by atoms with E-state index in [1.165, 1.54) is 30.2 Å². The Morgan fingerprint density at radius 2 is 1.93 bits per heavy atom. The molecule has 1 atom stereocenters. The highest BCUT2D eigenvalue weighted by Crippen LogP contribution is 2.47. The summed E-state index contributed by atoms with van der Waals surface area (Å²) in [6.45, 7) is 0. The normalized spacial score (nSPS) is 19.0. The Labute approximate surface area is 162 Å². The molecule has 0 bridgehead atoms. The van der Waals surface area contributed by atoms with Crippen molar-refractivity contribution in [2.75, 3.05) is 5.73 Å². The highest BCUT2D eigenvalue weighted by molar-refractivity contribution is 7.88. The van der Waals surface area contributed by atoms with Crippen molar-refractivity contribution in [2.45, 2.75) is 53.9 Å². The lowest BCUT2D eigenvalue weighted by Gasteiger charge is -2.27. The van der Waals surface area contributed by atoms with Crippen molar-refractivity contribution in [1.82, 2.24) is 15.0 Å². The number of fused-ring (bicyclic) bond motifs is 1. The maximum Gasteiger partial charge on any atom is 0.251 e. The number of aromatic amines is 1. The molecule has 0 aromatic carbocycles. The van der Waals surface area contributed by atoms with Crippen LogP contribution < -0.4 is 11.3 Å². The molecule has 0 radical (unpaired) electrons. The monoisotopic (exact) mass is 400 g/mol. The number of nitrogens with two attached hydrogens (primary N) is 1. The van der Waals surface area contributed by atoms with Crippen molar-refractivity contribution in [3.05, 3.63) is 34.4 Å². The van der Waals surface area contributed by atoms with Crippen LogP contribution in [0.1, 0.15) is 50.0 Å². The molecule has 3 aromatic heterocycles. The van der Waals surface area contributed by atoms with E-state index in [1.807, 2.05) is 6.07 Å². The number of nitrogen functional groups attached to an aromatic ring is 1. The second kappa shape index (κ2) is 6.53. The molecule has 0 saturated heterocycles. The third-order valence-corrected chi connectivity index (χ3v) is 9.02. The smallest absolute Gasteiger partial charge is 0.251 e. The molecule has 3 N–H and O–H groups in total. The minimum Gasteiger partial charge on any atom is -0.396 e. The molecule has 2 saturated carbocycles. The van der Waals surface area contributed by atoms with E-state index in [0.717, 1.165) is 52.1 Å². The lowest BCUT2D eigenvalue weighted by molar-refractivity contribution is 0.422. The van der Waals surface area contributed by atoms with Gasteiger partial charge in [-0.1, -0.05) is 12.8 Å². The first-order chi connectivity index (χ1) is 13.1. The molecule has 2 aliphatic carbocycles. The van der Waals surface area contributed by atoms with Crippen LogP contribution in [0.25, 0.3) is 21.6 Å². The molecule has 140 valence electrons. The number of nitrogens with one attached hydrogen (secondary N) is 1. The Morgan fingerprint density at radius 1 is 1.15 bits per heavy atom. The summed E-state index contributed by atoms with van der Waals surface area (Å²) in [5.41, 5.74) is 9.32. The summed E-state index contributed by atoms with van der Waals surface area (Å²) < 4.78 is 13.7. The molecule has 0 aliphatic heterocycles. The second-order valence-corrected chi connectivity index (χ2v) is 10.3. The van der Waals surface area contributed by atoms with Gasteiger partial charge >= 0.3 is 0 Å². The number of H-pyrrole nitrogens is 1. The predicted octanol–water partition coefficient (Wildman–Crippen LogP) is 3.56. The summed E-state index contributed by atoms with van der Waals surface area (Å²) in [7, 11) is -1.06. The number of anilines is 1. The highest BCUT2D eigenvalue weighted by atomic mass is 32.2. The third-order valence-electron chi connectivity index (χ3n) is 5.72. The van der Waals surface area contributed by atoms with Gasteiger partial charge in [-0.25, -0.2) is 9.97 Å². The molecule has 3 aromatic rings. The van der Waals surface area contributed by atoms with Crippen LogP contribution in [-0.4, -0.2) is 24.4 Å². The summed E-state index contributed by atoms with van der Waals surface area (Å²) in [4.78, 5) is 24.1. The molecule has 2 fully saturated rings. The van der Waals surface area contributed by atoms with E-state index in [1.54, 1.807) is 0 Å². The zero-order valence-electron chi connectivity index (χ0n) is 14.7. The SMILES string of the molecule is Nc1c([S@@](=O)C2CCC2)sc2nc(-c3cc(=O)[nH]cn3)cc(C3CCC3)c12. The van der Waals surface area contributed by atoms with Gasteiger partial charge in [0.1, 0.15) is 9.04 Å². The Morgan fingerprint density at radius 3 is 2.56 bits per heavy atom. The van der Waals surface area contributed by atoms with E-state index >= 15 is 0 Å². The first kappa shape index (κ1) is 17.1. The van der Waals surface area contributed by atoms with Gasteiger partial charge in [-0.2, -0.15) is 0 Å². The minimum absolute atomic E-state index is 0.204. The fourth-order valence-electron chi connectivity index (χ4n) is 3.70. The lowest BCUT2D eigenvalue weighted by atomic mass is 9.79. The standard InChI is InChI=1S/C19H20N4O2S2/c20-17-16-12(10-3-1-4-10)7-14(13-8-15(24)22-9-21-13)23-18(16)26-19(17)27(25)11-5-2-6-11/h7-11H,1-6,20H2,(H,21,22,24)/t27-/m0/s1. The van der Waals surface area contributed by atoms with E-state index in [-0.39, 0.29) is 10.8 Å². The lowest BCUT2D eigenvalue weighted by Crippen LogP contribution is -2.23. The predicted molar refractivity (Wildman–Crippen MR) is 109 cm³/mol. The Bertz CT molecular complexity index is 1110. The van der Waals surface area contributed by atoms with Gasteiger partial charge in [-0.15, -0.1) is 11.3 Å². The van der Waals surface area contributed by atoms with Gasteiger partial charge in [-0.05, 0) is 43.2 Å². The maximum absolute atomic E-state index is 12.9. The molecule has 0 unspecified atom stereocenters. The Balaban J connectivity index is 1.70. The fraction of sp³-hybridized carbons (Fsp3) is 0.421. The van der Waals surface area contributed by atoms with Crippen molar-refractivity contribution in [2.24, 2.45) is 0 Å². The average molecular weight is 401 g/mol. The molecule has 0 amide bonds. The molecular weight excluding hydrogens is 380 g/mol. The number of thiophene rings is 1. The van der Waals surface area contributed by atoms with Crippen LogP contribution in [0.2, 0.25) is 0 Å². The first-order valence-electron chi connectivity index (χ1n) is 9.30.